The minimum Gasteiger partial charge on any atom is -0.442 e. The van der Waals surface area contributed by atoms with Gasteiger partial charge in [-0.3, -0.25) is 4.79 Å². The molecule has 0 radical (unpaired) electrons. The number of piperazine rings is 1. The highest BCUT2D eigenvalue weighted by Gasteiger charge is 2.30. The lowest BCUT2D eigenvalue weighted by atomic mass is 10.3. The van der Waals surface area contributed by atoms with Crippen molar-refractivity contribution in [1.29, 1.82) is 0 Å². The van der Waals surface area contributed by atoms with E-state index in [0.29, 0.717) is 47.6 Å². The van der Waals surface area contributed by atoms with Gasteiger partial charge in [-0.25, -0.2) is 13.4 Å². The molecule has 3 heterocycles. The molecule has 1 amide bonds. The summed E-state index contributed by atoms with van der Waals surface area (Å²) in [4.78, 5) is 18.2. The van der Waals surface area contributed by atoms with Crippen LogP contribution in [-0.4, -0.2) is 61.7 Å². The fraction of sp³-hybridized carbons (Fsp3) is 0.467. The Labute approximate surface area is 150 Å². The second-order valence-electron chi connectivity index (χ2n) is 5.94. The minimum absolute atomic E-state index is 0.0686. The lowest BCUT2D eigenvalue weighted by Crippen LogP contribution is -2.46. The predicted octanol–water partition coefficient (Wildman–Crippen LogP) is 1.61. The van der Waals surface area contributed by atoms with Crippen molar-refractivity contribution in [3.05, 3.63) is 17.8 Å². The van der Waals surface area contributed by atoms with Gasteiger partial charge in [0.1, 0.15) is 5.76 Å². The normalized spacial score (nSPS) is 16.9. The molecular formula is C15H20N4O4S2. The van der Waals surface area contributed by atoms with E-state index in [2.05, 4.69) is 15.2 Å². The number of anilines is 1. The van der Waals surface area contributed by atoms with Crippen LogP contribution in [0.25, 0.3) is 10.6 Å². The Morgan fingerprint density at radius 3 is 2.60 bits per heavy atom. The van der Waals surface area contributed by atoms with Crippen molar-refractivity contribution < 1.29 is 17.6 Å². The number of rotatable bonds is 4. The maximum atomic E-state index is 12.7. The van der Waals surface area contributed by atoms with Gasteiger partial charge in [-0.05, 0) is 26.1 Å². The van der Waals surface area contributed by atoms with Crippen molar-refractivity contribution in [2.24, 2.45) is 0 Å². The van der Waals surface area contributed by atoms with Gasteiger partial charge in [0.2, 0.25) is 11.0 Å². The number of carbonyl (C=O) groups excluding carboxylic acids is 1. The molecule has 1 N–H and O–H groups in total. The lowest BCUT2D eigenvalue weighted by Gasteiger charge is -2.30. The monoisotopic (exact) mass is 384 g/mol. The van der Waals surface area contributed by atoms with Crippen molar-refractivity contribution in [3.63, 3.8) is 0 Å². The standard InChI is InChI=1S/C15H20N4O4S2/c1-10-14(24-15(16-10)17-11(2)20)12-4-5-13(23-12)25(21,22)19-8-6-18(3)7-9-19/h4-5H,6-9H2,1-3H3,(H,16,17,20). The van der Waals surface area contributed by atoms with E-state index in [9.17, 15) is 13.2 Å². The zero-order chi connectivity index (χ0) is 18.2. The Bertz CT molecular complexity index is 879. The Hall–Kier alpha value is -1.75. The number of aryl methyl sites for hydroxylation is 1. The van der Waals surface area contributed by atoms with Crippen LogP contribution >= 0.6 is 11.3 Å². The quantitative estimate of drug-likeness (QED) is 0.860. The first-order valence-corrected chi connectivity index (χ1v) is 10.1. The molecule has 0 spiro atoms. The number of likely N-dealkylation sites (N-methyl/N-ethyl adjacent to an activating group) is 1. The molecule has 0 unspecified atom stereocenters. The molecule has 3 rings (SSSR count). The Morgan fingerprint density at radius 2 is 1.96 bits per heavy atom. The second kappa shape index (κ2) is 6.87. The van der Waals surface area contributed by atoms with Crippen molar-refractivity contribution in [2.75, 3.05) is 38.5 Å². The molecular weight excluding hydrogens is 364 g/mol. The Balaban J connectivity index is 1.85. The van der Waals surface area contributed by atoms with E-state index >= 15 is 0 Å². The minimum atomic E-state index is -3.64. The lowest BCUT2D eigenvalue weighted by molar-refractivity contribution is -0.114. The van der Waals surface area contributed by atoms with Gasteiger partial charge in [0.05, 0.1) is 10.6 Å². The van der Waals surface area contributed by atoms with E-state index in [0.717, 1.165) is 0 Å². The smallest absolute Gasteiger partial charge is 0.276 e. The van der Waals surface area contributed by atoms with Crippen LogP contribution < -0.4 is 5.32 Å². The van der Waals surface area contributed by atoms with Gasteiger partial charge in [0.15, 0.2) is 5.13 Å². The fourth-order valence-electron chi connectivity index (χ4n) is 2.57. The van der Waals surface area contributed by atoms with Gasteiger partial charge in [-0.1, -0.05) is 11.3 Å². The van der Waals surface area contributed by atoms with Gasteiger partial charge in [0.25, 0.3) is 10.0 Å². The second-order valence-corrected chi connectivity index (χ2v) is 8.81. The maximum absolute atomic E-state index is 12.7. The van der Waals surface area contributed by atoms with Gasteiger partial charge in [0, 0.05) is 33.1 Å². The first-order valence-electron chi connectivity index (χ1n) is 7.81. The predicted molar refractivity (Wildman–Crippen MR) is 95.1 cm³/mol. The van der Waals surface area contributed by atoms with E-state index < -0.39 is 10.0 Å². The summed E-state index contributed by atoms with van der Waals surface area (Å²) in [5.41, 5.74) is 0.673. The first kappa shape index (κ1) is 18.1. The number of nitrogens with one attached hydrogen (secondary N) is 1. The molecule has 1 fully saturated rings. The Kier molecular flexibility index (Phi) is 4.96. The summed E-state index contributed by atoms with van der Waals surface area (Å²) in [7, 11) is -1.68. The topological polar surface area (TPSA) is 95.7 Å². The van der Waals surface area contributed by atoms with E-state index in [-0.39, 0.29) is 11.0 Å². The third-order valence-corrected chi connectivity index (χ3v) is 6.80. The molecule has 2 aromatic heterocycles. The average molecular weight is 384 g/mol. The molecule has 1 aliphatic heterocycles. The molecule has 8 nitrogen and oxygen atoms in total. The number of amides is 1. The molecule has 2 aromatic rings. The molecule has 0 aromatic carbocycles. The summed E-state index contributed by atoms with van der Waals surface area (Å²) in [6.45, 7) is 5.47. The van der Waals surface area contributed by atoms with Crippen LogP contribution in [0.4, 0.5) is 5.13 Å². The van der Waals surface area contributed by atoms with E-state index in [1.807, 2.05) is 7.05 Å². The number of aromatic nitrogens is 1. The SMILES string of the molecule is CC(=O)Nc1nc(C)c(-c2ccc(S(=O)(=O)N3CCN(C)CC3)o2)s1. The zero-order valence-electron chi connectivity index (χ0n) is 14.3. The molecule has 0 aliphatic carbocycles. The summed E-state index contributed by atoms with van der Waals surface area (Å²) in [5, 5.41) is 3.01. The van der Waals surface area contributed by atoms with E-state index in [1.54, 1.807) is 13.0 Å². The van der Waals surface area contributed by atoms with Crippen LogP contribution in [0.3, 0.4) is 0 Å². The molecule has 25 heavy (non-hydrogen) atoms. The number of nitrogens with zero attached hydrogens (tertiary/aromatic N) is 3. The molecule has 10 heteroatoms. The number of furan rings is 1. The third kappa shape index (κ3) is 3.76. The van der Waals surface area contributed by atoms with Crippen LogP contribution in [-0.2, 0) is 14.8 Å². The van der Waals surface area contributed by atoms with Crippen LogP contribution in [0.5, 0.6) is 0 Å². The highest BCUT2D eigenvalue weighted by atomic mass is 32.2. The third-order valence-electron chi connectivity index (χ3n) is 3.94. The highest BCUT2D eigenvalue weighted by molar-refractivity contribution is 7.89. The van der Waals surface area contributed by atoms with Crippen LogP contribution in [0.15, 0.2) is 21.6 Å². The fourth-order valence-corrected chi connectivity index (χ4v) is 4.87. The van der Waals surface area contributed by atoms with Crippen molar-refractivity contribution in [3.8, 4) is 10.6 Å². The van der Waals surface area contributed by atoms with E-state index in [4.69, 9.17) is 4.42 Å². The number of sulfonamides is 1. The summed E-state index contributed by atoms with van der Waals surface area (Å²) >= 11 is 1.25. The molecule has 0 atom stereocenters. The Morgan fingerprint density at radius 1 is 1.28 bits per heavy atom. The maximum Gasteiger partial charge on any atom is 0.276 e. The van der Waals surface area contributed by atoms with Crippen molar-refractivity contribution in [2.45, 2.75) is 18.9 Å². The highest BCUT2D eigenvalue weighted by Crippen LogP contribution is 2.35. The summed E-state index contributed by atoms with van der Waals surface area (Å²) < 4.78 is 32.5. The zero-order valence-corrected chi connectivity index (χ0v) is 15.9. The van der Waals surface area contributed by atoms with Crippen molar-refractivity contribution in [1.82, 2.24) is 14.2 Å². The van der Waals surface area contributed by atoms with Crippen LogP contribution in [0.1, 0.15) is 12.6 Å². The number of carbonyl (C=O) groups is 1. The van der Waals surface area contributed by atoms with Crippen molar-refractivity contribution >= 4 is 32.4 Å². The first-order chi connectivity index (χ1) is 11.8. The molecule has 136 valence electrons. The van der Waals surface area contributed by atoms with Gasteiger partial charge in [-0.2, -0.15) is 4.31 Å². The number of hydrogen-bond acceptors (Lipinski definition) is 7. The summed E-state index contributed by atoms with van der Waals surface area (Å²) in [5.74, 6) is 0.220. The summed E-state index contributed by atoms with van der Waals surface area (Å²) in [6.07, 6.45) is 0. The van der Waals surface area contributed by atoms with Crippen LogP contribution in [0.2, 0.25) is 0 Å². The number of thiazole rings is 1. The summed E-state index contributed by atoms with van der Waals surface area (Å²) in [6, 6.07) is 3.10. The van der Waals surface area contributed by atoms with Gasteiger partial charge < -0.3 is 14.6 Å². The molecule has 1 aliphatic rings. The average Bonchev–Trinajstić information content (AvgIpc) is 3.14. The van der Waals surface area contributed by atoms with Gasteiger partial charge >= 0.3 is 0 Å². The molecule has 0 bridgehead atoms. The number of hydrogen-bond donors (Lipinski definition) is 1. The largest absolute Gasteiger partial charge is 0.442 e. The molecule has 0 saturated carbocycles. The van der Waals surface area contributed by atoms with E-state index in [1.165, 1.54) is 28.6 Å². The molecule has 1 saturated heterocycles. The van der Waals surface area contributed by atoms with Gasteiger partial charge in [-0.15, -0.1) is 0 Å². The van der Waals surface area contributed by atoms with Crippen LogP contribution in [0, 0.1) is 6.92 Å².